The Balaban J connectivity index is 1.22. The molecule has 57 heavy (non-hydrogen) atoms. The molecule has 6 N–H and O–H groups in total. The van der Waals surface area contributed by atoms with E-state index in [1.807, 2.05) is 0 Å². The number of carbonyl (C=O) groups excluding carboxylic acids is 4. The van der Waals surface area contributed by atoms with E-state index in [1.165, 1.54) is 33.8 Å². The summed E-state index contributed by atoms with van der Waals surface area (Å²) in [5.74, 6) is -8.46. The molecule has 6 rings (SSSR count). The topological polar surface area (TPSA) is 317 Å². The molecule has 25 heteroatoms. The number of thiazole rings is 1. The number of carboxylic acid groups (broad SMARTS) is 3. The molecular weight excluding hydrogens is 815 g/mol. The number of benzene rings is 1. The van der Waals surface area contributed by atoms with Gasteiger partial charge in [-0.3, -0.25) is 24.1 Å². The molecular formula is C32H27N9O13S3. The fraction of sp³-hybridized carbons (Fsp3) is 0.250. The number of oxime groups is 1. The minimum absolute atomic E-state index is 0.0107. The van der Waals surface area contributed by atoms with Gasteiger partial charge in [-0.15, -0.1) is 40.0 Å². The van der Waals surface area contributed by atoms with Gasteiger partial charge >= 0.3 is 29.8 Å². The van der Waals surface area contributed by atoms with Crippen LogP contribution in [0.1, 0.15) is 47.5 Å². The second-order valence-corrected chi connectivity index (χ2v) is 14.8. The van der Waals surface area contributed by atoms with E-state index < -0.39 is 70.7 Å². The van der Waals surface area contributed by atoms with Gasteiger partial charge in [0.2, 0.25) is 6.10 Å². The van der Waals surface area contributed by atoms with Gasteiger partial charge in [0, 0.05) is 42.0 Å². The van der Waals surface area contributed by atoms with Crippen LogP contribution in [0.15, 0.2) is 51.1 Å². The van der Waals surface area contributed by atoms with E-state index in [1.54, 1.807) is 13.0 Å². The molecule has 22 nitrogen and oxygen atoms in total. The number of carboxylic acids is 3. The number of esters is 2. The Morgan fingerprint density at radius 1 is 1.04 bits per heavy atom. The number of ether oxygens (including phenoxy) is 2. The lowest BCUT2D eigenvalue weighted by atomic mass is 10.0. The van der Waals surface area contributed by atoms with Crippen molar-refractivity contribution in [1.29, 1.82) is 0 Å². The lowest BCUT2D eigenvalue weighted by Gasteiger charge is -2.49. The number of nitrogen functional groups attached to an aromatic ring is 1. The SMILES string of the molecule is CC(=O)Oc1ccc([C@H](ON=C(C(=O)N[C@@H]2C(=O)N3C(C(=O)O)=C(CSc4cc(C)nc5nc(C(=O)O)nn45)CS[C@H]23)c2csc(N)n2)C(=O)O)cc1OC(C)=O. The van der Waals surface area contributed by atoms with Gasteiger partial charge in [0.15, 0.2) is 22.3 Å². The monoisotopic (exact) mass is 841 g/mol. The van der Waals surface area contributed by atoms with Crippen LogP contribution in [-0.2, 0) is 33.6 Å². The normalized spacial score (nSPS) is 17.0. The van der Waals surface area contributed by atoms with Crippen molar-refractivity contribution in [2.75, 3.05) is 17.2 Å². The number of amides is 2. The molecule has 3 atom stereocenters. The van der Waals surface area contributed by atoms with Crippen molar-refractivity contribution in [1.82, 2.24) is 34.8 Å². The van der Waals surface area contributed by atoms with Gasteiger partial charge in [0.1, 0.15) is 27.8 Å². The van der Waals surface area contributed by atoms with Crippen LogP contribution < -0.4 is 20.5 Å². The molecule has 1 fully saturated rings. The van der Waals surface area contributed by atoms with Crippen LogP contribution in [0.3, 0.4) is 0 Å². The Bertz CT molecular complexity index is 2450. The molecule has 4 aromatic rings. The van der Waals surface area contributed by atoms with Crippen LogP contribution in [0.4, 0.5) is 5.13 Å². The van der Waals surface area contributed by atoms with Gasteiger partial charge in [0.05, 0.1) is 0 Å². The average molecular weight is 842 g/mol. The fourth-order valence-corrected chi connectivity index (χ4v) is 8.51. The lowest BCUT2D eigenvalue weighted by molar-refractivity contribution is -0.151. The van der Waals surface area contributed by atoms with E-state index in [0.29, 0.717) is 16.3 Å². The summed E-state index contributed by atoms with van der Waals surface area (Å²) < 4.78 is 11.3. The molecule has 1 aromatic carbocycles. The Hall–Kier alpha value is -6.60. The van der Waals surface area contributed by atoms with Gasteiger partial charge in [-0.2, -0.15) is 9.50 Å². The van der Waals surface area contributed by atoms with Gasteiger partial charge < -0.3 is 40.7 Å². The van der Waals surface area contributed by atoms with Crippen molar-refractivity contribution < 1.29 is 63.2 Å². The number of anilines is 1. The van der Waals surface area contributed by atoms with Crippen molar-refractivity contribution in [3.8, 4) is 11.5 Å². The van der Waals surface area contributed by atoms with Gasteiger partial charge in [-0.1, -0.05) is 11.2 Å². The Morgan fingerprint density at radius 3 is 2.39 bits per heavy atom. The van der Waals surface area contributed by atoms with Crippen molar-refractivity contribution in [2.45, 2.75) is 43.3 Å². The molecule has 0 spiro atoms. The van der Waals surface area contributed by atoms with Gasteiger partial charge in [-0.25, -0.2) is 24.4 Å². The van der Waals surface area contributed by atoms with E-state index in [4.69, 9.17) is 20.0 Å². The lowest BCUT2D eigenvalue weighted by Crippen LogP contribution is -2.71. The first-order valence-corrected chi connectivity index (χ1v) is 18.9. The maximum Gasteiger partial charge on any atom is 0.375 e. The number of aromatic carboxylic acids is 1. The molecule has 2 aliphatic heterocycles. The third-order valence-electron chi connectivity index (χ3n) is 7.76. The molecule has 0 radical (unpaired) electrons. The number of hydrogen-bond donors (Lipinski definition) is 5. The van der Waals surface area contributed by atoms with Gasteiger partial charge in [0.25, 0.3) is 23.4 Å². The number of carbonyl (C=O) groups is 7. The quantitative estimate of drug-likeness (QED) is 0.0226. The molecule has 1 saturated heterocycles. The number of hydrogen-bond acceptors (Lipinski definition) is 19. The zero-order valence-corrected chi connectivity index (χ0v) is 31.8. The highest BCUT2D eigenvalue weighted by atomic mass is 32.2. The summed E-state index contributed by atoms with van der Waals surface area (Å²) >= 11 is 3.22. The molecule has 5 heterocycles. The van der Waals surface area contributed by atoms with E-state index in [2.05, 4.69) is 30.5 Å². The Morgan fingerprint density at radius 2 is 1.75 bits per heavy atom. The maximum atomic E-state index is 13.7. The minimum atomic E-state index is -1.92. The number of rotatable bonds is 14. The number of aliphatic carboxylic acids is 2. The molecule has 2 aliphatic rings. The number of fused-ring (bicyclic) bond motifs is 2. The number of nitrogens with one attached hydrogen (secondary N) is 1. The third-order valence-corrected chi connectivity index (χ3v) is 10.9. The number of aryl methyl sites for hydroxylation is 1. The standard InChI is InChI=1S/C32H27N9O13S3/c1-11-6-19(41-32(34-11)37-24(38-41)30(50)51)55-8-15-9-56-27-21(26(45)40(27)22(15)28(46)47)36-25(44)20(16-10-57-31(33)35-16)39-54-23(29(48)49)14-4-5-17(52-12(2)42)18(7-14)53-13(3)43/h4-7,10,21,23,27H,8-9H2,1-3H3,(H2,33,35)(H,36,44)(H,46,47)(H,48,49)(H,50,51)/t21-,23+,27-/m1/s1. The number of β-lactam (4-membered cyclic amide) rings is 1. The van der Waals surface area contributed by atoms with Crippen LogP contribution in [-0.4, -0.2) is 115 Å². The number of nitrogens with zero attached hydrogens (tertiary/aromatic N) is 7. The van der Waals surface area contributed by atoms with E-state index in [0.717, 1.165) is 47.9 Å². The molecule has 0 bridgehead atoms. The maximum absolute atomic E-state index is 13.7. The Kier molecular flexibility index (Phi) is 11.4. The number of aromatic nitrogens is 5. The molecule has 0 saturated carbocycles. The molecule has 2 amide bonds. The van der Waals surface area contributed by atoms with E-state index in [9.17, 15) is 48.9 Å². The van der Waals surface area contributed by atoms with Crippen molar-refractivity contribution in [2.24, 2.45) is 5.16 Å². The highest BCUT2D eigenvalue weighted by Gasteiger charge is 2.54. The predicted molar refractivity (Wildman–Crippen MR) is 196 cm³/mol. The largest absolute Gasteiger partial charge is 0.478 e. The first kappa shape index (κ1) is 40.1. The third kappa shape index (κ3) is 8.48. The fourth-order valence-electron chi connectivity index (χ4n) is 5.43. The highest BCUT2D eigenvalue weighted by molar-refractivity contribution is 8.01. The van der Waals surface area contributed by atoms with Crippen LogP contribution in [0.2, 0.25) is 0 Å². The second-order valence-electron chi connectivity index (χ2n) is 11.8. The Labute approximate surface area is 331 Å². The van der Waals surface area contributed by atoms with E-state index >= 15 is 0 Å². The summed E-state index contributed by atoms with van der Waals surface area (Å²) in [4.78, 5) is 105. The van der Waals surface area contributed by atoms with Crippen LogP contribution in [0, 0.1) is 6.92 Å². The van der Waals surface area contributed by atoms with Crippen molar-refractivity contribution in [3.05, 3.63) is 63.7 Å². The highest BCUT2D eigenvalue weighted by Crippen LogP contribution is 2.42. The summed E-state index contributed by atoms with van der Waals surface area (Å²) in [5, 5.41) is 40.7. The van der Waals surface area contributed by atoms with E-state index in [-0.39, 0.29) is 50.9 Å². The summed E-state index contributed by atoms with van der Waals surface area (Å²) in [6.45, 7) is 3.84. The predicted octanol–water partition coefficient (Wildman–Crippen LogP) is 1.10. The van der Waals surface area contributed by atoms with Crippen LogP contribution in [0.25, 0.3) is 5.78 Å². The molecule has 3 aromatic heterocycles. The number of nitrogens with two attached hydrogens (primary N) is 1. The molecule has 296 valence electrons. The smallest absolute Gasteiger partial charge is 0.375 e. The van der Waals surface area contributed by atoms with Crippen molar-refractivity contribution in [3.63, 3.8) is 0 Å². The van der Waals surface area contributed by atoms with Crippen molar-refractivity contribution >= 4 is 93.1 Å². The first-order chi connectivity index (χ1) is 27.0. The summed E-state index contributed by atoms with van der Waals surface area (Å²) in [5.41, 5.74) is 5.48. The first-order valence-electron chi connectivity index (χ1n) is 16.0. The van der Waals surface area contributed by atoms with Crippen LogP contribution >= 0.6 is 34.9 Å². The zero-order chi connectivity index (χ0) is 41.3. The molecule has 0 unspecified atom stereocenters. The zero-order valence-electron chi connectivity index (χ0n) is 29.4. The van der Waals surface area contributed by atoms with Crippen LogP contribution in [0.5, 0.6) is 11.5 Å². The average Bonchev–Trinajstić information content (AvgIpc) is 3.77. The second kappa shape index (κ2) is 16.2. The van der Waals surface area contributed by atoms with Gasteiger partial charge in [-0.05, 0) is 30.7 Å². The summed E-state index contributed by atoms with van der Waals surface area (Å²) in [6.07, 6.45) is -1.92. The molecule has 0 aliphatic carbocycles. The summed E-state index contributed by atoms with van der Waals surface area (Å²) in [6, 6.07) is 3.80. The minimum Gasteiger partial charge on any atom is -0.478 e. The number of thioether (sulfide) groups is 2. The summed E-state index contributed by atoms with van der Waals surface area (Å²) in [7, 11) is 0.